The van der Waals surface area contributed by atoms with Gasteiger partial charge in [-0.25, -0.2) is 4.79 Å². The van der Waals surface area contributed by atoms with E-state index in [-0.39, 0.29) is 6.03 Å². The van der Waals surface area contributed by atoms with E-state index in [2.05, 4.69) is 36.2 Å². The van der Waals surface area contributed by atoms with E-state index in [0.29, 0.717) is 6.42 Å². The molecule has 0 spiro atoms. The summed E-state index contributed by atoms with van der Waals surface area (Å²) < 4.78 is 2.86. The van der Waals surface area contributed by atoms with Crippen molar-refractivity contribution in [1.82, 2.24) is 19.6 Å². The second-order valence-electron chi connectivity index (χ2n) is 5.78. The van der Waals surface area contributed by atoms with Gasteiger partial charge >= 0.3 is 6.03 Å². The number of aromatic nitrogens is 4. The van der Waals surface area contributed by atoms with Crippen molar-refractivity contribution >= 4 is 6.03 Å². The summed E-state index contributed by atoms with van der Waals surface area (Å²) >= 11 is 0. The maximum atomic E-state index is 12.8. The summed E-state index contributed by atoms with van der Waals surface area (Å²) in [5, 5.41) is 8.69. The lowest BCUT2D eigenvalue weighted by Crippen LogP contribution is -2.23. The Bertz CT molecular complexity index is 804. The SMILES string of the molecule is CCCc1nn(C(=O)n2cccn2)c(Cc2ccccc2)c1CC. The monoisotopic (exact) mass is 322 g/mol. The first kappa shape index (κ1) is 16.2. The molecule has 1 aromatic carbocycles. The van der Waals surface area contributed by atoms with Crippen LogP contribution in [0.5, 0.6) is 0 Å². The summed E-state index contributed by atoms with van der Waals surface area (Å²) in [4.78, 5) is 12.8. The molecule has 0 saturated carbocycles. The van der Waals surface area contributed by atoms with E-state index in [1.165, 1.54) is 20.5 Å². The van der Waals surface area contributed by atoms with Gasteiger partial charge in [-0.3, -0.25) is 0 Å². The van der Waals surface area contributed by atoms with Crippen LogP contribution in [-0.4, -0.2) is 25.6 Å². The van der Waals surface area contributed by atoms with Crippen molar-refractivity contribution in [2.45, 2.75) is 39.5 Å². The predicted molar refractivity (Wildman–Crippen MR) is 93.3 cm³/mol. The van der Waals surface area contributed by atoms with Crippen LogP contribution in [0.1, 0.15) is 42.8 Å². The Morgan fingerprint density at radius 2 is 1.92 bits per heavy atom. The van der Waals surface area contributed by atoms with Crippen molar-refractivity contribution in [3.05, 3.63) is 71.3 Å². The molecule has 2 aromatic heterocycles. The molecule has 3 rings (SSSR count). The summed E-state index contributed by atoms with van der Waals surface area (Å²) in [6.45, 7) is 4.25. The molecule has 2 heterocycles. The summed E-state index contributed by atoms with van der Waals surface area (Å²) in [6.07, 6.45) is 6.69. The number of carbonyl (C=O) groups is 1. The minimum absolute atomic E-state index is 0.233. The van der Waals surface area contributed by atoms with Gasteiger partial charge in [0, 0.05) is 18.8 Å². The standard InChI is InChI=1S/C19H22N4O/c1-3-9-17-16(4-2)18(14-15-10-6-5-7-11-15)23(21-17)19(24)22-13-8-12-20-22/h5-8,10-13H,3-4,9,14H2,1-2H3. The van der Waals surface area contributed by atoms with E-state index in [9.17, 15) is 4.79 Å². The van der Waals surface area contributed by atoms with Crippen molar-refractivity contribution in [1.29, 1.82) is 0 Å². The average molecular weight is 322 g/mol. The lowest BCUT2D eigenvalue weighted by molar-refractivity contribution is 0.237. The van der Waals surface area contributed by atoms with Crippen LogP contribution in [0.15, 0.2) is 48.8 Å². The molecule has 0 aliphatic carbocycles. The molecule has 0 radical (unpaired) electrons. The first-order chi connectivity index (χ1) is 11.7. The second-order valence-corrected chi connectivity index (χ2v) is 5.78. The van der Waals surface area contributed by atoms with Gasteiger partial charge in [0.1, 0.15) is 0 Å². The van der Waals surface area contributed by atoms with Crippen molar-refractivity contribution in [2.24, 2.45) is 0 Å². The Balaban J connectivity index is 2.07. The molecule has 0 atom stereocenters. The Hall–Kier alpha value is -2.69. The highest BCUT2D eigenvalue weighted by Crippen LogP contribution is 2.21. The fourth-order valence-electron chi connectivity index (χ4n) is 2.99. The Labute approximate surface area is 141 Å². The van der Waals surface area contributed by atoms with E-state index in [1.807, 2.05) is 18.2 Å². The number of nitrogens with zero attached hydrogens (tertiary/aromatic N) is 4. The summed E-state index contributed by atoms with van der Waals surface area (Å²) in [5.41, 5.74) is 4.34. The molecule has 0 fully saturated rings. The van der Waals surface area contributed by atoms with Gasteiger partial charge in [-0.1, -0.05) is 50.6 Å². The van der Waals surface area contributed by atoms with Crippen molar-refractivity contribution in [3.8, 4) is 0 Å². The Kier molecular flexibility index (Phi) is 4.89. The van der Waals surface area contributed by atoms with Crippen LogP contribution in [0.25, 0.3) is 0 Å². The Morgan fingerprint density at radius 3 is 2.54 bits per heavy atom. The molecule has 0 N–H and O–H groups in total. The zero-order chi connectivity index (χ0) is 16.9. The van der Waals surface area contributed by atoms with Crippen molar-refractivity contribution in [3.63, 3.8) is 0 Å². The van der Waals surface area contributed by atoms with Crippen molar-refractivity contribution < 1.29 is 4.79 Å². The first-order valence-corrected chi connectivity index (χ1v) is 8.42. The van der Waals surface area contributed by atoms with Gasteiger partial charge in [-0.15, -0.1) is 0 Å². The van der Waals surface area contributed by atoms with Crippen LogP contribution in [0.2, 0.25) is 0 Å². The number of aryl methyl sites for hydroxylation is 1. The molecule has 0 aliphatic rings. The van der Waals surface area contributed by atoms with Crippen LogP contribution < -0.4 is 0 Å². The lowest BCUT2D eigenvalue weighted by atomic mass is 10.0. The smallest absolute Gasteiger partial charge is 0.244 e. The van der Waals surface area contributed by atoms with Crippen molar-refractivity contribution in [2.75, 3.05) is 0 Å². The van der Waals surface area contributed by atoms with E-state index in [4.69, 9.17) is 0 Å². The van der Waals surface area contributed by atoms with Gasteiger partial charge in [0.2, 0.25) is 0 Å². The quantitative estimate of drug-likeness (QED) is 0.719. The van der Waals surface area contributed by atoms with Gasteiger partial charge in [-0.2, -0.15) is 19.6 Å². The molecule has 0 amide bonds. The third-order valence-corrected chi connectivity index (χ3v) is 4.11. The largest absolute Gasteiger partial charge is 0.369 e. The van der Waals surface area contributed by atoms with E-state index >= 15 is 0 Å². The van der Waals surface area contributed by atoms with Crippen LogP contribution in [0.3, 0.4) is 0 Å². The van der Waals surface area contributed by atoms with Gasteiger partial charge in [0.25, 0.3) is 0 Å². The zero-order valence-corrected chi connectivity index (χ0v) is 14.1. The maximum absolute atomic E-state index is 12.8. The maximum Gasteiger partial charge on any atom is 0.369 e. The number of hydrogen-bond donors (Lipinski definition) is 0. The van der Waals surface area contributed by atoms with Gasteiger partial charge in [-0.05, 0) is 30.0 Å². The Morgan fingerprint density at radius 1 is 1.12 bits per heavy atom. The molecule has 0 unspecified atom stereocenters. The van der Waals surface area contributed by atoms with Crippen LogP contribution in [0, 0.1) is 0 Å². The molecule has 0 saturated heterocycles. The minimum atomic E-state index is -0.233. The third kappa shape index (κ3) is 3.15. The fraction of sp³-hybridized carbons (Fsp3) is 0.316. The highest BCUT2D eigenvalue weighted by atomic mass is 16.2. The highest BCUT2D eigenvalue weighted by Gasteiger charge is 2.21. The summed E-state index contributed by atoms with van der Waals surface area (Å²) in [7, 11) is 0. The predicted octanol–water partition coefficient (Wildman–Crippen LogP) is 3.70. The molecule has 5 nitrogen and oxygen atoms in total. The minimum Gasteiger partial charge on any atom is -0.244 e. The number of benzene rings is 1. The lowest BCUT2D eigenvalue weighted by Gasteiger charge is -2.08. The summed E-state index contributed by atoms with van der Waals surface area (Å²) in [5.74, 6) is 0. The number of carbonyl (C=O) groups excluding carboxylic acids is 1. The fourth-order valence-corrected chi connectivity index (χ4v) is 2.99. The molecule has 124 valence electrons. The van der Waals surface area contributed by atoms with E-state index < -0.39 is 0 Å². The van der Waals surface area contributed by atoms with Gasteiger partial charge in [0.15, 0.2) is 0 Å². The molecular formula is C19H22N4O. The van der Waals surface area contributed by atoms with Gasteiger partial charge < -0.3 is 0 Å². The second kappa shape index (κ2) is 7.25. The zero-order valence-electron chi connectivity index (χ0n) is 14.1. The molecule has 0 bridgehead atoms. The molecule has 24 heavy (non-hydrogen) atoms. The average Bonchev–Trinajstić information content (AvgIpc) is 3.24. The topological polar surface area (TPSA) is 52.7 Å². The highest BCUT2D eigenvalue weighted by molar-refractivity contribution is 5.78. The number of rotatable bonds is 5. The molecule has 0 aliphatic heterocycles. The third-order valence-electron chi connectivity index (χ3n) is 4.11. The normalized spacial score (nSPS) is 10.9. The first-order valence-electron chi connectivity index (χ1n) is 8.42. The van der Waals surface area contributed by atoms with Crippen LogP contribution >= 0.6 is 0 Å². The van der Waals surface area contributed by atoms with Crippen LogP contribution in [-0.2, 0) is 19.3 Å². The van der Waals surface area contributed by atoms with E-state index in [0.717, 1.165) is 30.7 Å². The molecular weight excluding hydrogens is 300 g/mol. The molecule has 3 aromatic rings. The number of hydrogen-bond acceptors (Lipinski definition) is 3. The van der Waals surface area contributed by atoms with Crippen LogP contribution in [0.4, 0.5) is 4.79 Å². The molecule has 5 heteroatoms. The summed E-state index contributed by atoms with van der Waals surface area (Å²) in [6, 6.07) is 11.7. The van der Waals surface area contributed by atoms with Gasteiger partial charge in [0.05, 0.1) is 11.4 Å². The van der Waals surface area contributed by atoms with E-state index in [1.54, 1.807) is 18.5 Å².